The van der Waals surface area contributed by atoms with E-state index >= 15 is 0 Å². The van der Waals surface area contributed by atoms with Gasteiger partial charge in [0.15, 0.2) is 0 Å². The van der Waals surface area contributed by atoms with Crippen LogP contribution in [0.1, 0.15) is 32.6 Å². The van der Waals surface area contributed by atoms with Crippen LogP contribution in [-0.2, 0) is 17.6 Å². The lowest BCUT2D eigenvalue weighted by atomic mass is 9.97. The van der Waals surface area contributed by atoms with Crippen LogP contribution in [0.5, 0.6) is 11.5 Å². The molecule has 4 nitrogen and oxygen atoms in total. The van der Waals surface area contributed by atoms with Crippen molar-refractivity contribution in [2.75, 3.05) is 7.11 Å². The predicted molar refractivity (Wildman–Crippen MR) is 125 cm³/mol. The van der Waals surface area contributed by atoms with Gasteiger partial charge in [-0.3, -0.25) is 0 Å². The summed E-state index contributed by atoms with van der Waals surface area (Å²) in [7, 11) is 1.34. The first-order valence-corrected chi connectivity index (χ1v) is 10.2. The van der Waals surface area contributed by atoms with Gasteiger partial charge >= 0.3 is 5.97 Å². The van der Waals surface area contributed by atoms with E-state index in [-0.39, 0.29) is 11.5 Å². The first-order chi connectivity index (χ1) is 15.5. The first-order valence-electron chi connectivity index (χ1n) is 10.2. The van der Waals surface area contributed by atoms with Crippen LogP contribution in [0.25, 0.3) is 10.8 Å². The molecule has 0 radical (unpaired) electrons. The number of esters is 1. The maximum absolute atomic E-state index is 11.6. The highest BCUT2D eigenvalue weighted by Gasteiger charge is 2.14. The quantitative estimate of drug-likeness (QED) is 0.349. The lowest BCUT2D eigenvalue weighted by Crippen LogP contribution is -2.01. The molecule has 4 heteroatoms. The minimum Gasteiger partial charge on any atom is -0.507 e. The van der Waals surface area contributed by atoms with Crippen molar-refractivity contribution in [3.63, 3.8) is 0 Å². The maximum atomic E-state index is 11.6. The summed E-state index contributed by atoms with van der Waals surface area (Å²) in [6, 6.07) is 24.1. The molecule has 0 aliphatic rings. The molecule has 0 aliphatic heterocycles. The molecule has 0 fully saturated rings. The second kappa shape index (κ2) is 9.28. The Labute approximate surface area is 186 Å². The number of fused-ring (bicyclic) bond motifs is 1. The van der Waals surface area contributed by atoms with E-state index in [2.05, 4.69) is 11.8 Å². The Morgan fingerprint density at radius 3 is 2.38 bits per heavy atom. The Morgan fingerprint density at radius 1 is 0.906 bits per heavy atom. The third kappa shape index (κ3) is 4.58. The molecule has 0 atom stereocenters. The zero-order valence-electron chi connectivity index (χ0n) is 17.6. The predicted octanol–water partition coefficient (Wildman–Crippen LogP) is 5.22. The third-order valence-corrected chi connectivity index (χ3v) is 5.32. The Balaban J connectivity index is 1.62. The summed E-state index contributed by atoms with van der Waals surface area (Å²) >= 11 is 0. The van der Waals surface area contributed by atoms with Gasteiger partial charge in [-0.25, -0.2) is 4.79 Å². The summed E-state index contributed by atoms with van der Waals surface area (Å²) in [5, 5.41) is 22.8. The largest absolute Gasteiger partial charge is 0.507 e. The van der Waals surface area contributed by atoms with Crippen LogP contribution >= 0.6 is 0 Å². The SMILES string of the molecule is COC(=O)c1ccc(Cc2c(O)cc3ccc(C#CCc4ccccc4)cc3c2O)cc1. The van der Waals surface area contributed by atoms with E-state index in [9.17, 15) is 15.0 Å². The zero-order chi connectivity index (χ0) is 22.5. The molecule has 0 saturated carbocycles. The molecule has 2 N–H and O–H groups in total. The van der Waals surface area contributed by atoms with Crippen molar-refractivity contribution < 1.29 is 19.7 Å². The van der Waals surface area contributed by atoms with Crippen molar-refractivity contribution >= 4 is 16.7 Å². The van der Waals surface area contributed by atoms with Gasteiger partial charge in [-0.15, -0.1) is 0 Å². The topological polar surface area (TPSA) is 66.8 Å². The molecular weight excluding hydrogens is 400 g/mol. The number of hydrogen-bond donors (Lipinski definition) is 2. The Hall–Kier alpha value is -4.23. The van der Waals surface area contributed by atoms with Crippen molar-refractivity contribution in [1.29, 1.82) is 0 Å². The molecule has 4 rings (SSSR count). The number of ether oxygens (including phenoxy) is 1. The van der Waals surface area contributed by atoms with Crippen molar-refractivity contribution in [1.82, 2.24) is 0 Å². The van der Waals surface area contributed by atoms with Gasteiger partial charge in [0.1, 0.15) is 11.5 Å². The fourth-order valence-corrected chi connectivity index (χ4v) is 3.58. The van der Waals surface area contributed by atoms with E-state index in [1.165, 1.54) is 7.11 Å². The summed E-state index contributed by atoms with van der Waals surface area (Å²) in [6.45, 7) is 0. The van der Waals surface area contributed by atoms with E-state index in [0.29, 0.717) is 29.4 Å². The van der Waals surface area contributed by atoms with Crippen LogP contribution in [-0.4, -0.2) is 23.3 Å². The molecule has 0 spiro atoms. The second-order valence-corrected chi connectivity index (χ2v) is 7.49. The molecule has 0 aromatic heterocycles. The van der Waals surface area contributed by atoms with Crippen LogP contribution in [0.3, 0.4) is 0 Å². The molecule has 4 aromatic carbocycles. The number of carbonyl (C=O) groups excluding carboxylic acids is 1. The number of phenols is 2. The monoisotopic (exact) mass is 422 g/mol. The highest BCUT2D eigenvalue weighted by Crippen LogP contribution is 2.37. The van der Waals surface area contributed by atoms with Crippen LogP contribution < -0.4 is 0 Å². The first kappa shape index (κ1) is 21.0. The van der Waals surface area contributed by atoms with Crippen LogP contribution in [0.15, 0.2) is 78.9 Å². The minimum absolute atomic E-state index is 0.0231. The molecule has 158 valence electrons. The minimum atomic E-state index is -0.408. The van der Waals surface area contributed by atoms with Gasteiger partial charge in [0, 0.05) is 29.4 Å². The van der Waals surface area contributed by atoms with Crippen molar-refractivity contribution in [3.05, 3.63) is 107 Å². The third-order valence-electron chi connectivity index (χ3n) is 5.32. The maximum Gasteiger partial charge on any atom is 0.337 e. The van der Waals surface area contributed by atoms with E-state index in [4.69, 9.17) is 4.74 Å². The number of hydrogen-bond acceptors (Lipinski definition) is 4. The smallest absolute Gasteiger partial charge is 0.337 e. The van der Waals surface area contributed by atoms with Gasteiger partial charge in [0.05, 0.1) is 12.7 Å². The molecule has 32 heavy (non-hydrogen) atoms. The molecular formula is C28H22O4. The molecule has 0 aliphatic carbocycles. The van der Waals surface area contributed by atoms with Gasteiger partial charge in [-0.1, -0.05) is 60.4 Å². The van der Waals surface area contributed by atoms with Crippen LogP contribution in [0.2, 0.25) is 0 Å². The van der Waals surface area contributed by atoms with Gasteiger partial charge in [-0.2, -0.15) is 0 Å². The van der Waals surface area contributed by atoms with Gasteiger partial charge in [0.25, 0.3) is 0 Å². The number of benzene rings is 4. The Kier molecular flexibility index (Phi) is 6.10. The fourth-order valence-electron chi connectivity index (χ4n) is 3.58. The van der Waals surface area contributed by atoms with E-state index in [0.717, 1.165) is 22.1 Å². The highest BCUT2D eigenvalue weighted by molar-refractivity contribution is 5.92. The summed E-state index contributed by atoms with van der Waals surface area (Å²) in [6.07, 6.45) is 0.965. The molecule has 0 unspecified atom stereocenters. The zero-order valence-corrected chi connectivity index (χ0v) is 17.6. The molecule has 0 amide bonds. The lowest BCUT2D eigenvalue weighted by molar-refractivity contribution is 0.0600. The van der Waals surface area contributed by atoms with Gasteiger partial charge in [0.2, 0.25) is 0 Å². The standard InChI is InChI=1S/C28H22O4/c1-32-28(31)22-13-10-21(11-14-22)17-25-26(29)18-23-15-12-20(16-24(23)27(25)30)9-5-8-19-6-3-2-4-7-19/h2-4,6-7,10-16,18,29-30H,8,17H2,1H3. The number of methoxy groups -OCH3 is 1. The van der Waals surface area contributed by atoms with Crippen molar-refractivity contribution in [2.45, 2.75) is 12.8 Å². The van der Waals surface area contributed by atoms with E-state index in [1.54, 1.807) is 30.3 Å². The second-order valence-electron chi connectivity index (χ2n) is 7.49. The number of carbonyl (C=O) groups is 1. The Bertz CT molecular complexity index is 1330. The normalized spacial score (nSPS) is 10.4. The molecule has 0 saturated heterocycles. The number of phenolic OH excluding ortho intramolecular Hbond substituents is 2. The highest BCUT2D eigenvalue weighted by atomic mass is 16.5. The lowest BCUT2D eigenvalue weighted by Gasteiger charge is -2.12. The van der Waals surface area contributed by atoms with Crippen LogP contribution in [0, 0.1) is 11.8 Å². The van der Waals surface area contributed by atoms with Crippen LogP contribution in [0.4, 0.5) is 0 Å². The van der Waals surface area contributed by atoms with Crippen molar-refractivity contribution in [3.8, 4) is 23.3 Å². The summed E-state index contributed by atoms with van der Waals surface area (Å²) in [4.78, 5) is 11.6. The van der Waals surface area contributed by atoms with Gasteiger partial charge < -0.3 is 14.9 Å². The number of aromatic hydroxyl groups is 2. The Morgan fingerprint density at radius 2 is 1.66 bits per heavy atom. The molecule has 4 aromatic rings. The summed E-state index contributed by atoms with van der Waals surface area (Å²) in [5.41, 5.74) is 3.66. The fraction of sp³-hybridized carbons (Fsp3) is 0.107. The number of rotatable bonds is 4. The van der Waals surface area contributed by atoms with Gasteiger partial charge in [-0.05, 0) is 46.8 Å². The average molecular weight is 422 g/mol. The summed E-state index contributed by atoms with van der Waals surface area (Å²) in [5.74, 6) is 5.97. The molecule has 0 bridgehead atoms. The molecule has 0 heterocycles. The van der Waals surface area contributed by atoms with E-state index in [1.807, 2.05) is 48.5 Å². The van der Waals surface area contributed by atoms with Crippen molar-refractivity contribution in [2.24, 2.45) is 0 Å². The van der Waals surface area contributed by atoms with E-state index < -0.39 is 5.97 Å². The average Bonchev–Trinajstić information content (AvgIpc) is 2.82. The summed E-state index contributed by atoms with van der Waals surface area (Å²) < 4.78 is 4.72.